The second kappa shape index (κ2) is 27.1. The van der Waals surface area contributed by atoms with Gasteiger partial charge in [0.2, 0.25) is 0 Å². The first kappa shape index (κ1) is 34.0. The van der Waals surface area contributed by atoms with E-state index in [1.54, 1.807) is 24.3 Å². The minimum Gasteiger partial charge on any atom is -0.463 e. The van der Waals surface area contributed by atoms with E-state index in [1.807, 2.05) is 6.07 Å². The van der Waals surface area contributed by atoms with Crippen molar-refractivity contribution < 1.29 is 28.6 Å². The number of carbonyl (C=O) groups excluding carboxylic acids is 3. The fraction of sp³-hybridized carbons (Fsp3) is 0.483. The Balaban J connectivity index is 0. The zero-order chi connectivity index (χ0) is 26.6. The summed E-state index contributed by atoms with van der Waals surface area (Å²) in [7, 11) is 0. The molecule has 6 heteroatoms. The molecule has 0 aliphatic carbocycles. The van der Waals surface area contributed by atoms with Crippen molar-refractivity contribution in [3.63, 3.8) is 0 Å². The topological polar surface area (TPSA) is 78.9 Å². The summed E-state index contributed by atoms with van der Waals surface area (Å²) < 4.78 is 13.9. The number of esters is 3. The lowest BCUT2D eigenvalue weighted by Gasteiger charge is -2.03. The third-order valence-electron chi connectivity index (χ3n) is 4.54. The molecule has 0 radical (unpaired) electrons. The maximum absolute atomic E-state index is 10.8. The molecule has 0 bridgehead atoms. The third-order valence-corrected chi connectivity index (χ3v) is 4.54. The molecule has 0 saturated carbocycles. The monoisotopic (exact) mass is 488 g/mol. The number of rotatable bonds is 16. The van der Waals surface area contributed by atoms with Crippen molar-refractivity contribution in [2.75, 3.05) is 6.61 Å². The minimum absolute atomic E-state index is 0.304. The molecule has 35 heavy (non-hydrogen) atoms. The molecule has 6 nitrogen and oxygen atoms in total. The number of hydrogen-bond donors (Lipinski definition) is 0. The highest BCUT2D eigenvalue weighted by Gasteiger charge is 1.97. The predicted molar refractivity (Wildman–Crippen MR) is 142 cm³/mol. The minimum atomic E-state index is -0.434. The summed E-state index contributed by atoms with van der Waals surface area (Å²) in [4.78, 5) is 31.1. The molecule has 0 saturated heterocycles. The van der Waals surface area contributed by atoms with Gasteiger partial charge in [-0.05, 0) is 18.6 Å². The van der Waals surface area contributed by atoms with E-state index in [1.165, 1.54) is 77.2 Å². The van der Waals surface area contributed by atoms with Crippen LogP contribution in [0.1, 0.15) is 84.5 Å². The van der Waals surface area contributed by atoms with Crippen molar-refractivity contribution in [3.05, 3.63) is 68.5 Å². The summed E-state index contributed by atoms with van der Waals surface area (Å²) in [6.07, 6.45) is 17.9. The first-order valence-electron chi connectivity index (χ1n) is 12.4. The molecule has 1 aromatic carbocycles. The van der Waals surface area contributed by atoms with E-state index in [2.05, 4.69) is 31.4 Å². The highest BCUT2D eigenvalue weighted by molar-refractivity contribution is 5.83. The fourth-order valence-electron chi connectivity index (χ4n) is 2.76. The van der Waals surface area contributed by atoms with Crippen molar-refractivity contribution >= 4 is 17.9 Å². The SMILES string of the molecule is C=CC(=O)OCCCCCCCCCCCCC.C=CC(=O)Oc1ccccc1.C=COC(C)=O. The van der Waals surface area contributed by atoms with Crippen LogP contribution in [0.4, 0.5) is 0 Å². The van der Waals surface area contributed by atoms with Crippen LogP contribution in [0.2, 0.25) is 0 Å². The quantitative estimate of drug-likeness (QED) is 0.0788. The molecule has 1 rings (SSSR count). The molecule has 0 aliphatic heterocycles. The van der Waals surface area contributed by atoms with Gasteiger partial charge in [0.25, 0.3) is 0 Å². The summed E-state index contributed by atoms with van der Waals surface area (Å²) in [6, 6.07) is 8.87. The fourth-order valence-corrected chi connectivity index (χ4v) is 2.76. The molecular weight excluding hydrogens is 444 g/mol. The third kappa shape index (κ3) is 28.8. The molecule has 0 unspecified atom stereocenters. The lowest BCUT2D eigenvalue weighted by molar-refractivity contribution is -0.138. The van der Waals surface area contributed by atoms with Gasteiger partial charge in [-0.3, -0.25) is 4.79 Å². The zero-order valence-electron chi connectivity index (χ0n) is 21.7. The Morgan fingerprint density at radius 3 is 1.63 bits per heavy atom. The maximum atomic E-state index is 10.8. The first-order chi connectivity index (χ1) is 16.9. The first-order valence-corrected chi connectivity index (χ1v) is 12.4. The van der Waals surface area contributed by atoms with Gasteiger partial charge in [0, 0.05) is 19.1 Å². The average molecular weight is 489 g/mol. The second-order valence-corrected chi connectivity index (χ2v) is 7.62. The molecule has 1 aromatic rings. The Morgan fingerprint density at radius 2 is 1.23 bits per heavy atom. The van der Waals surface area contributed by atoms with Crippen molar-refractivity contribution in [1.82, 2.24) is 0 Å². The highest BCUT2D eigenvalue weighted by atomic mass is 16.5. The Bertz CT molecular complexity index is 696. The molecule has 0 amide bonds. The van der Waals surface area contributed by atoms with E-state index >= 15 is 0 Å². The van der Waals surface area contributed by atoms with Crippen LogP contribution < -0.4 is 4.74 Å². The van der Waals surface area contributed by atoms with Gasteiger partial charge in [-0.15, -0.1) is 0 Å². The van der Waals surface area contributed by atoms with E-state index in [9.17, 15) is 14.4 Å². The molecule has 0 aromatic heterocycles. The van der Waals surface area contributed by atoms with Gasteiger partial charge in [-0.25, -0.2) is 9.59 Å². The number of unbranched alkanes of at least 4 members (excludes halogenated alkanes) is 10. The second-order valence-electron chi connectivity index (χ2n) is 7.62. The summed E-state index contributed by atoms with van der Waals surface area (Å²) >= 11 is 0. The highest BCUT2D eigenvalue weighted by Crippen LogP contribution is 2.11. The number of hydrogen-bond acceptors (Lipinski definition) is 6. The largest absolute Gasteiger partial charge is 0.463 e. The van der Waals surface area contributed by atoms with Crippen LogP contribution in [0, 0.1) is 0 Å². The van der Waals surface area contributed by atoms with Gasteiger partial charge in [0.15, 0.2) is 0 Å². The Kier molecular flexibility index (Phi) is 26.3. The van der Waals surface area contributed by atoms with Crippen LogP contribution in [0.5, 0.6) is 5.75 Å². The van der Waals surface area contributed by atoms with Crippen LogP contribution in [0.25, 0.3) is 0 Å². The smallest absolute Gasteiger partial charge is 0.335 e. The predicted octanol–water partition coefficient (Wildman–Crippen LogP) is 7.50. The summed E-state index contributed by atoms with van der Waals surface area (Å²) in [6.45, 7) is 13.9. The molecule has 0 fully saturated rings. The summed E-state index contributed by atoms with van der Waals surface area (Å²) in [5, 5.41) is 0. The van der Waals surface area contributed by atoms with Gasteiger partial charge < -0.3 is 14.2 Å². The van der Waals surface area contributed by atoms with Crippen molar-refractivity contribution in [2.45, 2.75) is 84.5 Å². The molecular formula is C29H44O6. The maximum Gasteiger partial charge on any atom is 0.335 e. The normalized spacial score (nSPS) is 9.20. The lowest BCUT2D eigenvalue weighted by Crippen LogP contribution is -2.02. The van der Waals surface area contributed by atoms with Crippen molar-refractivity contribution in [2.24, 2.45) is 0 Å². The van der Waals surface area contributed by atoms with Crippen molar-refractivity contribution in [3.8, 4) is 5.75 Å². The van der Waals surface area contributed by atoms with Gasteiger partial charge in [0.1, 0.15) is 5.75 Å². The molecule has 0 N–H and O–H groups in total. The van der Waals surface area contributed by atoms with Crippen LogP contribution in [-0.4, -0.2) is 24.5 Å². The molecule has 0 atom stereocenters. The summed E-state index contributed by atoms with van der Waals surface area (Å²) in [5.74, 6) is -0.527. The van der Waals surface area contributed by atoms with Crippen LogP contribution in [0.3, 0.4) is 0 Å². The van der Waals surface area contributed by atoms with Crippen LogP contribution >= 0.6 is 0 Å². The number of benzene rings is 1. The van der Waals surface area contributed by atoms with E-state index in [4.69, 9.17) is 9.47 Å². The standard InChI is InChI=1S/C16H30O2.C9H8O2.C4H6O2/c1-3-5-6-7-8-9-10-11-12-13-14-15-18-16(17)4-2;1-2-9(10)11-8-6-4-3-5-7-8;1-3-6-4(2)5/h4H,2-3,5-15H2,1H3;2-7H,1H2;3H,1H2,2H3. The number of ether oxygens (including phenoxy) is 3. The van der Waals surface area contributed by atoms with Crippen molar-refractivity contribution in [1.29, 1.82) is 0 Å². The summed E-state index contributed by atoms with van der Waals surface area (Å²) in [5.41, 5.74) is 0. The molecule has 0 aliphatic rings. The van der Waals surface area contributed by atoms with Crippen LogP contribution in [0.15, 0.2) is 68.5 Å². The van der Waals surface area contributed by atoms with Crippen LogP contribution in [-0.2, 0) is 23.9 Å². The Hall–Kier alpha value is -3.15. The molecule has 0 spiro atoms. The average Bonchev–Trinajstić information content (AvgIpc) is 2.85. The van der Waals surface area contributed by atoms with Gasteiger partial charge in [-0.1, -0.05) is 109 Å². The number of carbonyl (C=O) groups is 3. The lowest BCUT2D eigenvalue weighted by atomic mass is 10.1. The van der Waals surface area contributed by atoms with Gasteiger partial charge >= 0.3 is 17.9 Å². The van der Waals surface area contributed by atoms with E-state index in [-0.39, 0.29) is 11.9 Å². The van der Waals surface area contributed by atoms with E-state index in [0.717, 1.165) is 18.8 Å². The molecule has 196 valence electrons. The van der Waals surface area contributed by atoms with E-state index < -0.39 is 5.97 Å². The zero-order valence-corrected chi connectivity index (χ0v) is 21.7. The number of para-hydroxylation sites is 1. The Morgan fingerprint density at radius 1 is 0.743 bits per heavy atom. The molecule has 0 heterocycles. The van der Waals surface area contributed by atoms with Gasteiger partial charge in [0.05, 0.1) is 12.9 Å². The Labute approximate surface area is 212 Å². The van der Waals surface area contributed by atoms with E-state index in [0.29, 0.717) is 12.4 Å². The van der Waals surface area contributed by atoms with Gasteiger partial charge in [-0.2, -0.15) is 0 Å².